The maximum Gasteiger partial charge on any atom is 0.125 e. The number of rotatable bonds is 4. The third kappa shape index (κ3) is 3.92. The van der Waals surface area contributed by atoms with Crippen molar-refractivity contribution < 1.29 is 0 Å². The number of fused-ring (bicyclic) bond motifs is 1. The van der Waals surface area contributed by atoms with Crippen LogP contribution >= 0.6 is 11.3 Å². The van der Waals surface area contributed by atoms with E-state index in [-0.39, 0.29) is 0 Å². The largest absolute Gasteiger partial charge is 0.264 e. The van der Waals surface area contributed by atoms with Crippen LogP contribution in [0.5, 0.6) is 0 Å². The molecule has 0 aliphatic carbocycles. The molecule has 0 atom stereocenters. The molecular weight excluding hydrogens is 543 g/mol. The molecule has 0 aliphatic rings. The molecule has 0 fully saturated rings. The Morgan fingerprint density at radius 3 is 1.67 bits per heavy atom. The summed E-state index contributed by atoms with van der Waals surface area (Å²) in [6.07, 6.45) is 7.50. The molecule has 0 amide bonds. The third-order valence-electron chi connectivity index (χ3n) is 8.42. The van der Waals surface area contributed by atoms with Crippen LogP contribution in [-0.2, 0) is 0 Å². The maximum atomic E-state index is 5.02. The van der Waals surface area contributed by atoms with Gasteiger partial charge in [0, 0.05) is 41.5 Å². The fraction of sp³-hybridized carbons (Fsp3) is 0. The van der Waals surface area contributed by atoms with Crippen LogP contribution in [0.3, 0.4) is 0 Å². The van der Waals surface area contributed by atoms with Crippen molar-refractivity contribution in [1.82, 2.24) is 15.0 Å². The Labute approximate surface area is 252 Å². The SMILES string of the molecule is c1cncc(-c2cc(-c3cccnc3)cc(-c3ccc4ccc5c(-c6nc7ccccc7s6)ccc6ccc3c4c65)c2)c1. The van der Waals surface area contributed by atoms with E-state index < -0.39 is 0 Å². The number of aromatic nitrogens is 3. The maximum absolute atomic E-state index is 5.02. The van der Waals surface area contributed by atoms with Crippen molar-refractivity contribution in [2.45, 2.75) is 0 Å². The standard InChI is InChI=1S/C39H23N3S/c1-2-8-36-35(7-1)42-39(43-36)34-16-12-25-10-14-32-31(13-9-24-11-15-33(34)38(25)37(24)32)30-20-28(26-5-3-17-40-22-26)19-29(21-30)27-6-4-18-41-23-27/h1-23H. The molecule has 0 spiro atoms. The number of benzene rings is 6. The summed E-state index contributed by atoms with van der Waals surface area (Å²) < 4.78 is 1.21. The van der Waals surface area contributed by atoms with Gasteiger partial charge in [0.15, 0.2) is 0 Å². The number of hydrogen-bond acceptors (Lipinski definition) is 4. The van der Waals surface area contributed by atoms with Crippen LogP contribution in [0.1, 0.15) is 0 Å². The Kier molecular flexibility index (Phi) is 5.37. The van der Waals surface area contributed by atoms with Crippen LogP contribution in [-0.4, -0.2) is 15.0 Å². The molecule has 0 unspecified atom stereocenters. The van der Waals surface area contributed by atoms with Gasteiger partial charge in [0.25, 0.3) is 0 Å². The summed E-state index contributed by atoms with van der Waals surface area (Å²) in [6.45, 7) is 0. The highest BCUT2D eigenvalue weighted by molar-refractivity contribution is 7.21. The molecule has 9 aromatic rings. The van der Waals surface area contributed by atoms with Crippen LogP contribution in [0, 0.1) is 0 Å². The molecule has 3 nitrogen and oxygen atoms in total. The number of nitrogens with zero attached hydrogens (tertiary/aromatic N) is 3. The van der Waals surface area contributed by atoms with E-state index in [1.165, 1.54) is 53.7 Å². The predicted octanol–water partition coefficient (Wildman–Crippen LogP) is 10.7. The van der Waals surface area contributed by atoms with Gasteiger partial charge in [-0.05, 0) is 97.0 Å². The van der Waals surface area contributed by atoms with Crippen molar-refractivity contribution in [2.75, 3.05) is 0 Å². The van der Waals surface area contributed by atoms with E-state index in [9.17, 15) is 0 Å². The summed E-state index contributed by atoms with van der Waals surface area (Å²) >= 11 is 1.76. The zero-order chi connectivity index (χ0) is 28.3. The van der Waals surface area contributed by atoms with Crippen molar-refractivity contribution >= 4 is 53.9 Å². The Morgan fingerprint density at radius 1 is 0.465 bits per heavy atom. The van der Waals surface area contributed by atoms with Gasteiger partial charge in [-0.15, -0.1) is 11.3 Å². The Hall–Kier alpha value is -5.45. The van der Waals surface area contributed by atoms with Gasteiger partial charge in [-0.1, -0.05) is 72.8 Å². The van der Waals surface area contributed by atoms with E-state index in [0.29, 0.717) is 0 Å². The van der Waals surface area contributed by atoms with Crippen LogP contribution in [0.4, 0.5) is 0 Å². The average molecular weight is 566 g/mol. The van der Waals surface area contributed by atoms with Gasteiger partial charge in [0.2, 0.25) is 0 Å². The van der Waals surface area contributed by atoms with Crippen molar-refractivity contribution in [1.29, 1.82) is 0 Å². The first kappa shape index (κ1) is 24.2. The molecule has 0 bridgehead atoms. The fourth-order valence-electron chi connectivity index (χ4n) is 6.41. The predicted molar refractivity (Wildman–Crippen MR) is 181 cm³/mol. The second kappa shape index (κ2) is 9.55. The molecule has 9 rings (SSSR count). The van der Waals surface area contributed by atoms with E-state index in [4.69, 9.17) is 4.98 Å². The molecule has 4 heteroatoms. The molecule has 43 heavy (non-hydrogen) atoms. The quantitative estimate of drug-likeness (QED) is 0.199. The Bertz CT molecular complexity index is 2360. The molecule has 0 radical (unpaired) electrons. The lowest BCUT2D eigenvalue weighted by molar-refractivity contribution is 1.32. The lowest BCUT2D eigenvalue weighted by atomic mass is 9.87. The van der Waals surface area contributed by atoms with Gasteiger partial charge in [0.1, 0.15) is 5.01 Å². The van der Waals surface area contributed by atoms with Crippen molar-refractivity contribution in [3.8, 4) is 44.0 Å². The lowest BCUT2D eigenvalue weighted by Crippen LogP contribution is -1.91. The van der Waals surface area contributed by atoms with Gasteiger partial charge in [-0.2, -0.15) is 0 Å². The highest BCUT2D eigenvalue weighted by atomic mass is 32.1. The molecule has 0 aliphatic heterocycles. The molecule has 3 aromatic heterocycles. The van der Waals surface area contributed by atoms with Gasteiger partial charge in [-0.3, -0.25) is 9.97 Å². The molecule has 6 aromatic carbocycles. The molecule has 0 N–H and O–H groups in total. The molecule has 200 valence electrons. The summed E-state index contributed by atoms with van der Waals surface area (Å²) in [4.78, 5) is 13.8. The molecule has 0 saturated heterocycles. The van der Waals surface area contributed by atoms with E-state index in [1.807, 2.05) is 36.9 Å². The summed E-state index contributed by atoms with van der Waals surface area (Å²) in [7, 11) is 0. The Balaban J connectivity index is 1.31. The van der Waals surface area contributed by atoms with Gasteiger partial charge >= 0.3 is 0 Å². The monoisotopic (exact) mass is 565 g/mol. The molecule has 3 heterocycles. The minimum atomic E-state index is 1.05. The zero-order valence-corrected chi connectivity index (χ0v) is 23.8. The summed E-state index contributed by atoms with van der Waals surface area (Å²) in [5.41, 5.74) is 9.06. The summed E-state index contributed by atoms with van der Waals surface area (Å²) in [6, 6.07) is 41.5. The second-order valence-electron chi connectivity index (χ2n) is 10.9. The Morgan fingerprint density at radius 2 is 1.05 bits per heavy atom. The summed E-state index contributed by atoms with van der Waals surface area (Å²) in [5, 5.41) is 8.63. The van der Waals surface area contributed by atoms with Crippen molar-refractivity contribution in [3.05, 3.63) is 140 Å². The third-order valence-corrected chi connectivity index (χ3v) is 9.49. The fourth-order valence-corrected chi connectivity index (χ4v) is 7.42. The normalized spacial score (nSPS) is 11.7. The minimum absolute atomic E-state index is 1.05. The molecule has 0 saturated carbocycles. The zero-order valence-electron chi connectivity index (χ0n) is 23.0. The van der Waals surface area contributed by atoms with Gasteiger partial charge in [0.05, 0.1) is 10.2 Å². The van der Waals surface area contributed by atoms with Crippen LogP contribution in [0.25, 0.3) is 86.5 Å². The highest BCUT2D eigenvalue weighted by Crippen LogP contribution is 2.44. The van der Waals surface area contributed by atoms with Gasteiger partial charge in [-0.25, -0.2) is 4.98 Å². The van der Waals surface area contributed by atoms with E-state index >= 15 is 0 Å². The first-order valence-electron chi connectivity index (χ1n) is 14.3. The van der Waals surface area contributed by atoms with E-state index in [1.54, 1.807) is 11.3 Å². The second-order valence-corrected chi connectivity index (χ2v) is 11.9. The van der Waals surface area contributed by atoms with Crippen molar-refractivity contribution in [2.24, 2.45) is 0 Å². The van der Waals surface area contributed by atoms with E-state index in [0.717, 1.165) is 32.8 Å². The first-order valence-corrected chi connectivity index (χ1v) is 15.1. The smallest absolute Gasteiger partial charge is 0.125 e. The number of pyridine rings is 2. The number of hydrogen-bond donors (Lipinski definition) is 0. The van der Waals surface area contributed by atoms with Gasteiger partial charge < -0.3 is 0 Å². The van der Waals surface area contributed by atoms with Crippen LogP contribution in [0.15, 0.2) is 140 Å². The average Bonchev–Trinajstić information content (AvgIpc) is 3.52. The number of para-hydroxylation sites is 1. The first-order chi connectivity index (χ1) is 21.3. The highest BCUT2D eigenvalue weighted by Gasteiger charge is 2.17. The van der Waals surface area contributed by atoms with Crippen LogP contribution < -0.4 is 0 Å². The van der Waals surface area contributed by atoms with Crippen LogP contribution in [0.2, 0.25) is 0 Å². The summed E-state index contributed by atoms with van der Waals surface area (Å²) in [5.74, 6) is 0. The van der Waals surface area contributed by atoms with E-state index in [2.05, 4.69) is 113 Å². The minimum Gasteiger partial charge on any atom is -0.264 e. The molecular formula is C39H23N3S. The lowest BCUT2D eigenvalue weighted by Gasteiger charge is -2.17. The number of thiazole rings is 1. The van der Waals surface area contributed by atoms with Crippen molar-refractivity contribution in [3.63, 3.8) is 0 Å². The topological polar surface area (TPSA) is 38.7 Å².